The maximum atomic E-state index is 13.2. The highest BCUT2D eigenvalue weighted by molar-refractivity contribution is 5.76. The van der Waals surface area contributed by atoms with Gasteiger partial charge in [0.1, 0.15) is 5.82 Å². The lowest BCUT2D eigenvalue weighted by Gasteiger charge is -2.01. The van der Waals surface area contributed by atoms with Crippen molar-refractivity contribution in [3.8, 4) is 11.1 Å². The number of anilines is 1. The number of carbonyl (C=O) groups is 1. The Morgan fingerprint density at radius 1 is 1.50 bits per heavy atom. The van der Waals surface area contributed by atoms with Crippen LogP contribution in [-0.4, -0.2) is 16.2 Å². The van der Waals surface area contributed by atoms with Crippen molar-refractivity contribution < 1.29 is 18.8 Å². The fourth-order valence-corrected chi connectivity index (χ4v) is 1.69. The van der Waals surface area contributed by atoms with E-state index in [1.165, 1.54) is 18.2 Å². The lowest BCUT2D eigenvalue weighted by Crippen LogP contribution is -1.99. The summed E-state index contributed by atoms with van der Waals surface area (Å²) in [5.74, 6) is -1.29. The lowest BCUT2D eigenvalue weighted by molar-refractivity contribution is -0.136. The van der Waals surface area contributed by atoms with Crippen molar-refractivity contribution in [3.63, 3.8) is 0 Å². The maximum absolute atomic E-state index is 13.2. The van der Waals surface area contributed by atoms with Gasteiger partial charge in [-0.2, -0.15) is 0 Å². The zero-order valence-corrected chi connectivity index (χ0v) is 9.39. The van der Waals surface area contributed by atoms with Gasteiger partial charge < -0.3 is 15.4 Å². The van der Waals surface area contributed by atoms with Gasteiger partial charge in [-0.3, -0.25) is 4.79 Å². The fourth-order valence-electron chi connectivity index (χ4n) is 1.69. The molecule has 0 aliphatic carbocycles. The minimum atomic E-state index is -0.943. The zero-order valence-electron chi connectivity index (χ0n) is 9.39. The molecule has 94 valence electrons. The molecule has 0 spiro atoms. The summed E-state index contributed by atoms with van der Waals surface area (Å²) >= 11 is 0. The summed E-state index contributed by atoms with van der Waals surface area (Å²) in [4.78, 5) is 10.5. The van der Waals surface area contributed by atoms with Crippen LogP contribution in [0.3, 0.4) is 0 Å². The highest BCUT2D eigenvalue weighted by Crippen LogP contribution is 2.30. The maximum Gasteiger partial charge on any atom is 0.303 e. The predicted molar refractivity (Wildman–Crippen MR) is 62.3 cm³/mol. The molecule has 0 amide bonds. The van der Waals surface area contributed by atoms with Crippen molar-refractivity contribution in [1.29, 1.82) is 0 Å². The Kier molecular flexibility index (Phi) is 3.27. The molecule has 0 saturated carbocycles. The average molecular weight is 250 g/mol. The number of aryl methyl sites for hydroxylation is 1. The number of carboxylic acid groups (broad SMARTS) is 1. The molecule has 0 atom stereocenters. The van der Waals surface area contributed by atoms with E-state index in [0.29, 0.717) is 16.8 Å². The standard InChI is InChI=1S/C12H11FN2O3/c13-8-3-1-2-7(6-8)11-9(4-5-10(16)17)15-18-12(11)14/h1-3,6H,4-5,14H2,(H,16,17). The van der Waals surface area contributed by atoms with Gasteiger partial charge in [0.2, 0.25) is 5.88 Å². The first-order valence-corrected chi connectivity index (χ1v) is 5.29. The molecular weight excluding hydrogens is 239 g/mol. The number of hydrogen-bond donors (Lipinski definition) is 2. The van der Waals surface area contributed by atoms with Crippen molar-refractivity contribution in [1.82, 2.24) is 5.16 Å². The summed E-state index contributed by atoms with van der Waals surface area (Å²) in [5, 5.41) is 12.3. The van der Waals surface area contributed by atoms with Gasteiger partial charge in [0.15, 0.2) is 0 Å². The first-order chi connectivity index (χ1) is 8.58. The second-order valence-corrected chi connectivity index (χ2v) is 3.77. The molecule has 3 N–H and O–H groups in total. The summed E-state index contributed by atoms with van der Waals surface area (Å²) in [6.45, 7) is 0. The van der Waals surface area contributed by atoms with Gasteiger partial charge in [-0.25, -0.2) is 4.39 Å². The van der Waals surface area contributed by atoms with Crippen LogP contribution in [-0.2, 0) is 11.2 Å². The van der Waals surface area contributed by atoms with Crippen LogP contribution in [0.4, 0.5) is 10.3 Å². The molecule has 1 heterocycles. The topological polar surface area (TPSA) is 89.4 Å². The van der Waals surface area contributed by atoms with Crippen LogP contribution >= 0.6 is 0 Å². The molecule has 0 saturated heterocycles. The first-order valence-electron chi connectivity index (χ1n) is 5.29. The SMILES string of the molecule is Nc1onc(CCC(=O)O)c1-c1cccc(F)c1. The molecule has 1 aromatic carbocycles. The average Bonchev–Trinajstić information content (AvgIpc) is 2.68. The number of rotatable bonds is 4. The van der Waals surface area contributed by atoms with E-state index in [4.69, 9.17) is 15.4 Å². The van der Waals surface area contributed by atoms with Crippen LogP contribution < -0.4 is 5.73 Å². The predicted octanol–water partition coefficient (Wildman–Crippen LogP) is 2.08. The van der Waals surface area contributed by atoms with E-state index in [1.807, 2.05) is 0 Å². The molecule has 1 aromatic heterocycles. The van der Waals surface area contributed by atoms with Crippen molar-refractivity contribution in [2.45, 2.75) is 12.8 Å². The first kappa shape index (κ1) is 12.1. The van der Waals surface area contributed by atoms with E-state index in [2.05, 4.69) is 5.16 Å². The molecule has 0 bridgehead atoms. The van der Waals surface area contributed by atoms with Crippen molar-refractivity contribution in [2.75, 3.05) is 5.73 Å². The van der Waals surface area contributed by atoms with Gasteiger partial charge in [-0.15, -0.1) is 0 Å². The molecule has 6 heteroatoms. The van der Waals surface area contributed by atoms with Crippen LogP contribution in [0.15, 0.2) is 28.8 Å². The van der Waals surface area contributed by atoms with Crippen LogP contribution in [0, 0.1) is 5.82 Å². The Morgan fingerprint density at radius 3 is 2.94 bits per heavy atom. The molecule has 0 radical (unpaired) electrons. The second-order valence-electron chi connectivity index (χ2n) is 3.77. The summed E-state index contributed by atoms with van der Waals surface area (Å²) < 4.78 is 18.0. The summed E-state index contributed by atoms with van der Waals surface area (Å²) in [6.07, 6.45) is 0.0934. The third-order valence-corrected chi connectivity index (χ3v) is 2.48. The summed E-state index contributed by atoms with van der Waals surface area (Å²) in [7, 11) is 0. The third kappa shape index (κ3) is 2.48. The number of nitrogen functional groups attached to an aromatic ring is 1. The Hall–Kier alpha value is -2.37. The lowest BCUT2D eigenvalue weighted by atomic mass is 10.0. The van der Waals surface area contributed by atoms with E-state index in [1.54, 1.807) is 6.07 Å². The molecule has 5 nitrogen and oxygen atoms in total. The molecule has 2 aromatic rings. The second kappa shape index (κ2) is 4.87. The largest absolute Gasteiger partial charge is 0.481 e. The number of halogens is 1. The fraction of sp³-hybridized carbons (Fsp3) is 0.167. The van der Waals surface area contributed by atoms with Gasteiger partial charge >= 0.3 is 5.97 Å². The number of aliphatic carboxylic acids is 1. The normalized spacial score (nSPS) is 10.5. The van der Waals surface area contributed by atoms with Crippen LogP contribution in [0.2, 0.25) is 0 Å². The van der Waals surface area contributed by atoms with E-state index >= 15 is 0 Å². The zero-order chi connectivity index (χ0) is 13.1. The van der Waals surface area contributed by atoms with Gasteiger partial charge in [0.25, 0.3) is 0 Å². The van der Waals surface area contributed by atoms with Gasteiger partial charge in [0.05, 0.1) is 17.7 Å². The summed E-state index contributed by atoms with van der Waals surface area (Å²) in [5.41, 5.74) is 7.02. The molecule has 0 fully saturated rings. The van der Waals surface area contributed by atoms with E-state index in [0.717, 1.165) is 0 Å². The Balaban J connectivity index is 2.37. The molecule has 2 rings (SSSR count). The highest BCUT2D eigenvalue weighted by Gasteiger charge is 2.16. The van der Waals surface area contributed by atoms with E-state index < -0.39 is 11.8 Å². The van der Waals surface area contributed by atoms with E-state index in [-0.39, 0.29) is 18.7 Å². The minimum absolute atomic E-state index is 0.0565. The number of aromatic nitrogens is 1. The minimum Gasteiger partial charge on any atom is -0.481 e. The molecule has 0 unspecified atom stereocenters. The Morgan fingerprint density at radius 2 is 2.28 bits per heavy atom. The van der Waals surface area contributed by atoms with Gasteiger partial charge in [-0.1, -0.05) is 17.3 Å². The van der Waals surface area contributed by atoms with E-state index in [9.17, 15) is 9.18 Å². The van der Waals surface area contributed by atoms with Crippen molar-refractivity contribution >= 4 is 11.9 Å². The van der Waals surface area contributed by atoms with Gasteiger partial charge in [0, 0.05) is 6.42 Å². The number of hydrogen-bond acceptors (Lipinski definition) is 4. The summed E-state index contributed by atoms with van der Waals surface area (Å²) in [6, 6.07) is 5.81. The Labute approximate surface area is 102 Å². The Bertz CT molecular complexity index is 580. The number of benzene rings is 1. The smallest absolute Gasteiger partial charge is 0.303 e. The molecule has 0 aliphatic heterocycles. The molecular formula is C12H11FN2O3. The highest BCUT2D eigenvalue weighted by atomic mass is 19.1. The number of nitrogens with zero attached hydrogens (tertiary/aromatic N) is 1. The number of nitrogens with two attached hydrogens (primary N) is 1. The number of carboxylic acids is 1. The quantitative estimate of drug-likeness (QED) is 0.867. The third-order valence-electron chi connectivity index (χ3n) is 2.48. The van der Waals surface area contributed by atoms with Crippen LogP contribution in [0.25, 0.3) is 11.1 Å². The van der Waals surface area contributed by atoms with Crippen molar-refractivity contribution in [3.05, 3.63) is 35.8 Å². The monoisotopic (exact) mass is 250 g/mol. The molecule has 0 aliphatic rings. The molecule has 18 heavy (non-hydrogen) atoms. The van der Waals surface area contributed by atoms with Crippen LogP contribution in [0.1, 0.15) is 12.1 Å². The van der Waals surface area contributed by atoms with Gasteiger partial charge in [-0.05, 0) is 17.7 Å². The van der Waals surface area contributed by atoms with Crippen LogP contribution in [0.5, 0.6) is 0 Å². The van der Waals surface area contributed by atoms with Crippen molar-refractivity contribution in [2.24, 2.45) is 0 Å².